The predicted molar refractivity (Wildman–Crippen MR) is 262 cm³/mol. The second-order valence-corrected chi connectivity index (χ2v) is 16.9. The molecular weight excluding hydrogens is 684 g/mol. The fourth-order valence-corrected chi connectivity index (χ4v) is 9.98. The zero-order valence-corrected chi connectivity index (χ0v) is 34.0. The van der Waals surface area contributed by atoms with Gasteiger partial charge in [0.2, 0.25) is 0 Å². The lowest BCUT2D eigenvalue weighted by atomic mass is 9.64. The van der Waals surface area contributed by atoms with E-state index in [-0.39, 0.29) is 21.9 Å². The highest BCUT2D eigenvalue weighted by Crippen LogP contribution is 2.56. The molecule has 3 aliphatic rings. The summed E-state index contributed by atoms with van der Waals surface area (Å²) in [5.41, 5.74) is 13.2. The van der Waals surface area contributed by atoms with E-state index < -0.39 is 16.2 Å². The molecule has 0 aromatic heterocycles. The monoisotopic (exact) mass is 717 g/mol. The molecule has 0 N–H and O–H groups in total. The lowest BCUT2D eigenvalue weighted by Crippen LogP contribution is -2.47. The first-order chi connectivity index (χ1) is 27.1. The van der Waals surface area contributed by atoms with E-state index in [2.05, 4.69) is 76.2 Å². The second-order valence-electron chi connectivity index (χ2n) is 16.9. The summed E-state index contributed by atoms with van der Waals surface area (Å²) in [6.45, 7) is 21.3. The van der Waals surface area contributed by atoms with Crippen LogP contribution in [0.4, 0.5) is 17.1 Å². The van der Waals surface area contributed by atoms with E-state index in [4.69, 9.17) is 78.5 Å². The Morgan fingerprint density at radius 1 is 0.534 bits per heavy atom. The molecule has 5 aromatic rings. The topological polar surface area (TPSA) is 3.24 Å². The Morgan fingerprint density at radius 2 is 1.16 bits per heavy atom. The Kier molecular flexibility index (Phi) is 10.1. The number of hydrogen-bond donors (Lipinski definition) is 0. The zero-order valence-electron chi connectivity index (χ0n) is 34.0. The van der Waals surface area contributed by atoms with Crippen molar-refractivity contribution in [1.82, 2.24) is 0 Å². The molecule has 58 heavy (non-hydrogen) atoms. The molecular formula is C45H31B12N. The van der Waals surface area contributed by atoms with Gasteiger partial charge in [-0.15, -0.1) is 10.9 Å². The van der Waals surface area contributed by atoms with Crippen molar-refractivity contribution < 1.29 is 0 Å². The summed E-state index contributed by atoms with van der Waals surface area (Å²) < 4.78 is 0. The van der Waals surface area contributed by atoms with Gasteiger partial charge in [0, 0.05) is 59.9 Å². The number of rotatable bonds is 4. The highest BCUT2D eigenvalue weighted by molar-refractivity contribution is 6.75. The van der Waals surface area contributed by atoms with Crippen molar-refractivity contribution in [3.8, 4) is 22.3 Å². The summed E-state index contributed by atoms with van der Waals surface area (Å²) in [6.07, 6.45) is 3.67. The van der Waals surface area contributed by atoms with Crippen LogP contribution in [-0.2, 0) is 16.2 Å². The van der Waals surface area contributed by atoms with Crippen molar-refractivity contribution >= 4 is 171 Å². The van der Waals surface area contributed by atoms with Gasteiger partial charge in [-0.1, -0.05) is 147 Å². The van der Waals surface area contributed by atoms with Crippen molar-refractivity contribution in [2.24, 2.45) is 0 Å². The number of allylic oxidation sites excluding steroid dienone is 4. The number of nitrogens with zero attached hydrogens (tertiary/aromatic N) is 1. The molecule has 8 rings (SSSR count). The molecule has 0 saturated carbocycles. The van der Waals surface area contributed by atoms with Gasteiger partial charge in [-0.2, -0.15) is 0 Å². The standard InChI is InChI=1S/C45H31B10N.B2/c1-9-11-21-18(2)29-34(44(21,5)6)38(53)39(54)40(55)41(29)56(28-17-24-32(37(52)36(28)51)31-22(43(24,3)4)12-10-13-25(31)47)42-30-20-14-19(46)15-26(48)33(20)45(7,8)23(30)16-27(49)35(42)50;1-2/h9-17H,1-2H2,3-8H3;/b21-11+;. The van der Waals surface area contributed by atoms with Gasteiger partial charge in [0.15, 0.2) is 0 Å². The molecule has 0 heterocycles. The van der Waals surface area contributed by atoms with Gasteiger partial charge in [-0.25, -0.2) is 0 Å². The van der Waals surface area contributed by atoms with E-state index in [9.17, 15) is 0 Å². The lowest BCUT2D eigenvalue weighted by molar-refractivity contribution is 0.661. The van der Waals surface area contributed by atoms with Crippen LogP contribution in [0.1, 0.15) is 74.9 Å². The van der Waals surface area contributed by atoms with Crippen molar-refractivity contribution in [3.63, 3.8) is 0 Å². The number of anilines is 3. The summed E-state index contributed by atoms with van der Waals surface area (Å²) in [4.78, 5) is 1.95. The Morgan fingerprint density at radius 3 is 1.79 bits per heavy atom. The zero-order chi connectivity index (χ0) is 42.9. The van der Waals surface area contributed by atoms with Crippen LogP contribution in [0, 0.1) is 0 Å². The smallest absolute Gasteiger partial charge is 0.115 e. The molecule has 0 aliphatic heterocycles. The summed E-state index contributed by atoms with van der Waals surface area (Å²) in [5, 5.41) is 0. The van der Waals surface area contributed by atoms with Crippen LogP contribution in [0.15, 0.2) is 73.3 Å². The summed E-state index contributed by atoms with van der Waals surface area (Å²) in [6, 6.07) is 13.5. The maximum Gasteiger partial charge on any atom is 0.115 e. The Balaban J connectivity index is 0.00000252. The van der Waals surface area contributed by atoms with Gasteiger partial charge < -0.3 is 4.90 Å². The van der Waals surface area contributed by atoms with E-state index in [1.165, 1.54) is 0 Å². The minimum atomic E-state index is -0.655. The predicted octanol–water partition coefficient (Wildman–Crippen LogP) is -0.638. The molecule has 0 bridgehead atoms. The molecule has 0 saturated heterocycles. The van der Waals surface area contributed by atoms with Crippen LogP contribution in [0.25, 0.3) is 27.8 Å². The first-order valence-electron chi connectivity index (χ1n) is 18.8. The van der Waals surface area contributed by atoms with Crippen LogP contribution >= 0.6 is 0 Å². The molecule has 0 unspecified atom stereocenters. The van der Waals surface area contributed by atoms with Gasteiger partial charge in [0.25, 0.3) is 0 Å². The van der Waals surface area contributed by atoms with E-state index >= 15 is 0 Å². The van der Waals surface area contributed by atoms with Gasteiger partial charge >= 0.3 is 0 Å². The molecule has 3 aliphatic carbocycles. The maximum absolute atomic E-state index is 7.32. The molecule has 252 valence electrons. The summed E-state index contributed by atoms with van der Waals surface area (Å²) in [5.74, 6) is 0. The first kappa shape index (κ1) is 42.0. The lowest BCUT2D eigenvalue weighted by Gasteiger charge is -2.38. The van der Waals surface area contributed by atoms with Crippen molar-refractivity contribution in [1.29, 1.82) is 0 Å². The van der Waals surface area contributed by atoms with Crippen LogP contribution in [0.5, 0.6) is 0 Å². The molecule has 1 nitrogen and oxygen atoms in total. The van der Waals surface area contributed by atoms with Gasteiger partial charge in [-0.3, -0.25) is 0 Å². The average Bonchev–Trinajstić information content (AvgIpc) is 3.61. The van der Waals surface area contributed by atoms with E-state index in [0.717, 1.165) is 55.6 Å². The minimum absolute atomic E-state index is 0.198. The fraction of sp³-hybridized carbons (Fsp3) is 0.200. The number of benzene rings is 5. The third kappa shape index (κ3) is 5.46. The van der Waals surface area contributed by atoms with Crippen molar-refractivity contribution in [2.45, 2.75) is 57.8 Å². The Bertz CT molecular complexity index is 2720. The van der Waals surface area contributed by atoms with Crippen LogP contribution < -0.4 is 59.5 Å². The molecule has 0 fully saturated rings. The SMILES string of the molecule is [B][B].[B]c1cc([B])c2c(c1)-c1c(cc([B])c([B])c1N(c1cc3c(c([B])c1[B])-c1c([B])cccc1C3(C)C)c1c([B])c([B])c([B])c3c1C(=C)/C(=C\C=C)C3(C)C)C2(C)C. The third-order valence-electron chi connectivity index (χ3n) is 12.7. The highest BCUT2D eigenvalue weighted by Gasteiger charge is 2.45. The fourth-order valence-electron chi connectivity index (χ4n) is 9.98. The van der Waals surface area contributed by atoms with Gasteiger partial charge in [-0.05, 0) is 61.7 Å². The van der Waals surface area contributed by atoms with Gasteiger partial charge in [0.05, 0.1) is 0 Å². The molecule has 5 aromatic carbocycles. The average molecular weight is 715 g/mol. The first-order valence-corrected chi connectivity index (χ1v) is 18.8. The Labute approximate surface area is 361 Å². The third-order valence-corrected chi connectivity index (χ3v) is 12.7. The molecule has 24 radical (unpaired) electrons. The van der Waals surface area contributed by atoms with E-state index in [1.54, 1.807) is 12.1 Å². The molecule has 0 amide bonds. The number of fused-ring (bicyclic) bond motifs is 7. The van der Waals surface area contributed by atoms with Crippen molar-refractivity contribution in [3.05, 3.63) is 107 Å². The van der Waals surface area contributed by atoms with Crippen LogP contribution in [0.2, 0.25) is 0 Å². The molecule has 0 spiro atoms. The summed E-state index contributed by atoms with van der Waals surface area (Å²) >= 11 is 0. The Hall–Kier alpha value is -4.10. The van der Waals surface area contributed by atoms with Crippen LogP contribution in [-0.4, -0.2) is 93.9 Å². The summed E-state index contributed by atoms with van der Waals surface area (Å²) in [7, 11) is 77.8. The number of hydrogen-bond acceptors (Lipinski definition) is 1. The molecule has 0 atom stereocenters. The van der Waals surface area contributed by atoms with Crippen molar-refractivity contribution in [2.75, 3.05) is 4.90 Å². The highest BCUT2D eigenvalue weighted by atomic mass is 15.2. The quantitative estimate of drug-likeness (QED) is 0.224. The van der Waals surface area contributed by atoms with Crippen LogP contribution in [0.3, 0.4) is 0 Å². The second kappa shape index (κ2) is 14.0. The molecule has 13 heteroatoms. The normalized spacial score (nSPS) is 16.4. The van der Waals surface area contributed by atoms with E-state index in [0.29, 0.717) is 61.0 Å². The maximum atomic E-state index is 7.32. The largest absolute Gasteiger partial charge is 0.311 e. The van der Waals surface area contributed by atoms with Gasteiger partial charge in [0.1, 0.15) is 78.5 Å². The van der Waals surface area contributed by atoms with E-state index in [1.807, 2.05) is 41.3 Å². The minimum Gasteiger partial charge on any atom is -0.311 e.